The van der Waals surface area contributed by atoms with Crippen LogP contribution >= 0.6 is 23.8 Å². The van der Waals surface area contributed by atoms with Crippen LogP contribution in [0.25, 0.3) is 0 Å². The standard InChI is InChI=1S/C11H14ClN3OS/c12-9-3-1-2-4-10(9)13-11(17)14-15-5-7-16-8-6-15/h1-4H,5-8H2,(H2,13,14,17). The molecule has 0 aliphatic carbocycles. The minimum absolute atomic E-state index is 0.542. The van der Waals surface area contributed by atoms with Crippen LogP contribution in [0.1, 0.15) is 0 Å². The highest BCUT2D eigenvalue weighted by Gasteiger charge is 2.11. The average molecular weight is 272 g/mol. The van der Waals surface area contributed by atoms with Gasteiger partial charge >= 0.3 is 0 Å². The average Bonchev–Trinajstić information content (AvgIpc) is 2.33. The van der Waals surface area contributed by atoms with E-state index in [1.807, 2.05) is 29.3 Å². The van der Waals surface area contributed by atoms with E-state index in [1.165, 1.54) is 0 Å². The van der Waals surface area contributed by atoms with Gasteiger partial charge < -0.3 is 10.1 Å². The predicted molar refractivity (Wildman–Crippen MR) is 73.2 cm³/mol. The molecule has 0 atom stereocenters. The van der Waals surface area contributed by atoms with Gasteiger partial charge in [-0.05, 0) is 24.4 Å². The Morgan fingerprint density at radius 2 is 2.00 bits per heavy atom. The Bertz CT molecular complexity index is 396. The van der Waals surface area contributed by atoms with E-state index in [0.717, 1.165) is 32.0 Å². The van der Waals surface area contributed by atoms with Gasteiger partial charge in [0.05, 0.1) is 23.9 Å². The van der Waals surface area contributed by atoms with E-state index >= 15 is 0 Å². The highest BCUT2D eigenvalue weighted by atomic mass is 35.5. The number of ether oxygens (including phenoxy) is 1. The lowest BCUT2D eigenvalue weighted by atomic mass is 10.3. The van der Waals surface area contributed by atoms with Gasteiger partial charge in [-0.3, -0.25) is 5.43 Å². The second kappa shape index (κ2) is 6.16. The topological polar surface area (TPSA) is 36.5 Å². The summed E-state index contributed by atoms with van der Waals surface area (Å²) in [6, 6.07) is 7.49. The SMILES string of the molecule is S=C(Nc1ccccc1Cl)NN1CCOCC1. The number of morpholine rings is 1. The van der Waals surface area contributed by atoms with E-state index in [0.29, 0.717) is 10.1 Å². The molecule has 0 aromatic heterocycles. The molecule has 2 rings (SSSR count). The van der Waals surface area contributed by atoms with Gasteiger partial charge in [0.2, 0.25) is 0 Å². The zero-order valence-electron chi connectivity index (χ0n) is 9.28. The van der Waals surface area contributed by atoms with Crippen LogP contribution in [0, 0.1) is 0 Å². The minimum Gasteiger partial charge on any atom is -0.379 e. The van der Waals surface area contributed by atoms with Gasteiger partial charge in [-0.25, -0.2) is 5.01 Å². The molecule has 0 radical (unpaired) electrons. The van der Waals surface area contributed by atoms with Gasteiger partial charge in [0.1, 0.15) is 0 Å². The fraction of sp³-hybridized carbons (Fsp3) is 0.364. The lowest BCUT2D eigenvalue weighted by Gasteiger charge is -2.28. The number of hydrazine groups is 1. The van der Waals surface area contributed by atoms with Crippen LogP contribution in [-0.4, -0.2) is 36.4 Å². The zero-order valence-corrected chi connectivity index (χ0v) is 10.9. The van der Waals surface area contributed by atoms with Crippen molar-refractivity contribution in [1.82, 2.24) is 10.4 Å². The van der Waals surface area contributed by atoms with Gasteiger partial charge in [0, 0.05) is 13.1 Å². The second-order valence-electron chi connectivity index (χ2n) is 3.65. The maximum Gasteiger partial charge on any atom is 0.185 e. The number of halogens is 1. The number of para-hydroxylation sites is 1. The highest BCUT2D eigenvalue weighted by Crippen LogP contribution is 2.20. The molecular weight excluding hydrogens is 258 g/mol. The molecule has 1 aromatic carbocycles. The van der Waals surface area contributed by atoms with Crippen LogP contribution < -0.4 is 10.7 Å². The number of nitrogens with zero attached hydrogens (tertiary/aromatic N) is 1. The van der Waals surface area contributed by atoms with Gasteiger partial charge in [0.15, 0.2) is 5.11 Å². The quantitative estimate of drug-likeness (QED) is 0.804. The van der Waals surface area contributed by atoms with Crippen LogP contribution in [0.5, 0.6) is 0 Å². The number of hydrogen-bond donors (Lipinski definition) is 2. The van der Waals surface area contributed by atoms with Crippen LogP contribution in [0.2, 0.25) is 5.02 Å². The van der Waals surface area contributed by atoms with Crippen molar-refractivity contribution in [3.05, 3.63) is 29.3 Å². The normalized spacial score (nSPS) is 16.5. The highest BCUT2D eigenvalue weighted by molar-refractivity contribution is 7.80. The van der Waals surface area contributed by atoms with Gasteiger partial charge in [-0.2, -0.15) is 0 Å². The van der Waals surface area contributed by atoms with Gasteiger partial charge in [-0.15, -0.1) is 0 Å². The van der Waals surface area contributed by atoms with Crippen LogP contribution in [0.3, 0.4) is 0 Å². The smallest absolute Gasteiger partial charge is 0.185 e. The Kier molecular flexibility index (Phi) is 4.56. The molecule has 1 aromatic rings. The minimum atomic E-state index is 0.542. The van der Waals surface area contributed by atoms with Gasteiger partial charge in [0.25, 0.3) is 0 Å². The first-order valence-electron chi connectivity index (χ1n) is 5.40. The Morgan fingerprint density at radius 1 is 1.29 bits per heavy atom. The molecule has 1 aliphatic heterocycles. The monoisotopic (exact) mass is 271 g/mol. The first kappa shape index (κ1) is 12.6. The summed E-state index contributed by atoms with van der Waals surface area (Å²) in [6.45, 7) is 3.10. The fourth-order valence-electron chi connectivity index (χ4n) is 1.53. The lowest BCUT2D eigenvalue weighted by molar-refractivity contribution is 0.0252. The molecule has 6 heteroatoms. The Balaban J connectivity index is 1.86. The molecule has 0 amide bonds. The van der Waals surface area contributed by atoms with E-state index in [1.54, 1.807) is 0 Å². The molecule has 1 aliphatic rings. The summed E-state index contributed by atoms with van der Waals surface area (Å²) in [5.41, 5.74) is 3.92. The molecule has 17 heavy (non-hydrogen) atoms. The molecule has 1 fully saturated rings. The summed E-state index contributed by atoms with van der Waals surface area (Å²) in [6.07, 6.45) is 0. The summed E-state index contributed by atoms with van der Waals surface area (Å²) in [5.74, 6) is 0. The number of anilines is 1. The molecule has 92 valence electrons. The van der Waals surface area contributed by atoms with Crippen molar-refractivity contribution in [2.75, 3.05) is 31.6 Å². The third-order valence-corrected chi connectivity index (χ3v) is 2.92. The van der Waals surface area contributed by atoms with Gasteiger partial charge in [-0.1, -0.05) is 23.7 Å². The Labute approximate surface area is 111 Å². The third kappa shape index (κ3) is 3.81. The number of thiocarbonyl (C=S) groups is 1. The van der Waals surface area contributed by atoms with E-state index in [-0.39, 0.29) is 0 Å². The first-order chi connectivity index (χ1) is 8.25. The summed E-state index contributed by atoms with van der Waals surface area (Å²) in [4.78, 5) is 0. The van der Waals surface area contributed by atoms with Crippen molar-refractivity contribution in [3.63, 3.8) is 0 Å². The largest absolute Gasteiger partial charge is 0.379 e. The molecule has 0 spiro atoms. The molecule has 1 saturated heterocycles. The Hall–Kier alpha value is -0.880. The molecule has 0 saturated carbocycles. The maximum absolute atomic E-state index is 6.03. The molecular formula is C11H14ClN3OS. The molecule has 4 nitrogen and oxygen atoms in total. The zero-order chi connectivity index (χ0) is 12.1. The third-order valence-electron chi connectivity index (χ3n) is 2.39. The van der Waals surface area contributed by atoms with Crippen molar-refractivity contribution < 1.29 is 4.74 Å². The second-order valence-corrected chi connectivity index (χ2v) is 4.46. The van der Waals surface area contributed by atoms with E-state index in [4.69, 9.17) is 28.6 Å². The number of rotatable bonds is 2. The van der Waals surface area contributed by atoms with Crippen molar-refractivity contribution in [2.45, 2.75) is 0 Å². The van der Waals surface area contributed by atoms with Crippen LogP contribution in [0.4, 0.5) is 5.69 Å². The lowest BCUT2D eigenvalue weighted by Crippen LogP contribution is -2.49. The van der Waals surface area contributed by atoms with Crippen molar-refractivity contribution in [2.24, 2.45) is 0 Å². The van der Waals surface area contributed by atoms with Crippen LogP contribution in [-0.2, 0) is 4.74 Å². The first-order valence-corrected chi connectivity index (χ1v) is 6.19. The number of nitrogens with one attached hydrogen (secondary N) is 2. The fourth-order valence-corrected chi connectivity index (χ4v) is 1.95. The summed E-state index contributed by atoms with van der Waals surface area (Å²) in [7, 11) is 0. The summed E-state index contributed by atoms with van der Waals surface area (Å²) < 4.78 is 5.25. The number of benzene rings is 1. The van der Waals surface area contributed by atoms with Crippen molar-refractivity contribution >= 4 is 34.6 Å². The summed E-state index contributed by atoms with van der Waals surface area (Å²) in [5, 5.41) is 6.28. The van der Waals surface area contributed by atoms with Crippen molar-refractivity contribution in [3.8, 4) is 0 Å². The summed E-state index contributed by atoms with van der Waals surface area (Å²) >= 11 is 11.2. The Morgan fingerprint density at radius 3 is 2.71 bits per heavy atom. The molecule has 2 N–H and O–H groups in total. The predicted octanol–water partition coefficient (Wildman–Crippen LogP) is 1.87. The molecule has 0 unspecified atom stereocenters. The van der Waals surface area contributed by atoms with Crippen LogP contribution in [0.15, 0.2) is 24.3 Å². The van der Waals surface area contributed by atoms with E-state index < -0.39 is 0 Å². The molecule has 0 bridgehead atoms. The maximum atomic E-state index is 6.03. The van der Waals surface area contributed by atoms with E-state index in [2.05, 4.69) is 10.7 Å². The van der Waals surface area contributed by atoms with Crippen molar-refractivity contribution in [1.29, 1.82) is 0 Å². The molecule has 1 heterocycles. The number of hydrogen-bond acceptors (Lipinski definition) is 3. The van der Waals surface area contributed by atoms with E-state index in [9.17, 15) is 0 Å².